The van der Waals surface area contributed by atoms with Gasteiger partial charge in [0, 0.05) is 32.2 Å². The van der Waals surface area contributed by atoms with Crippen LogP contribution in [-0.4, -0.2) is 60.5 Å². The molecule has 6 nitrogen and oxygen atoms in total. The topological polar surface area (TPSA) is 78.7 Å². The average molecular weight is 332 g/mol. The first-order chi connectivity index (χ1) is 11.5. The van der Waals surface area contributed by atoms with E-state index in [9.17, 15) is 9.59 Å². The van der Waals surface area contributed by atoms with Crippen molar-refractivity contribution in [3.8, 4) is 0 Å². The lowest BCUT2D eigenvalue weighted by Gasteiger charge is -2.22. The van der Waals surface area contributed by atoms with Crippen molar-refractivity contribution in [2.45, 2.75) is 32.7 Å². The summed E-state index contributed by atoms with van der Waals surface area (Å²) in [5, 5.41) is 3.07. The molecular formula is C18H28N4O2. The molecule has 0 saturated carbocycles. The van der Waals surface area contributed by atoms with E-state index in [1.54, 1.807) is 4.90 Å². The zero-order valence-corrected chi connectivity index (χ0v) is 14.6. The molecular weight excluding hydrogens is 304 g/mol. The van der Waals surface area contributed by atoms with E-state index in [1.165, 1.54) is 11.1 Å². The number of nitrogens with one attached hydrogen (secondary N) is 1. The van der Waals surface area contributed by atoms with Crippen molar-refractivity contribution in [1.82, 2.24) is 15.1 Å². The molecule has 3 N–H and O–H groups in total. The SMILES string of the molecule is Cc1ccccc1CC(C)NC(=O)CN1CCCN(C(N)=O)CC1. The van der Waals surface area contributed by atoms with Gasteiger partial charge in [0.15, 0.2) is 0 Å². The molecule has 1 unspecified atom stereocenters. The van der Waals surface area contributed by atoms with Gasteiger partial charge in [0.2, 0.25) is 5.91 Å². The number of nitrogens with zero attached hydrogens (tertiary/aromatic N) is 2. The number of urea groups is 1. The van der Waals surface area contributed by atoms with E-state index in [0.717, 1.165) is 19.4 Å². The Morgan fingerprint density at radius 3 is 2.67 bits per heavy atom. The fourth-order valence-corrected chi connectivity index (χ4v) is 3.09. The standard InChI is InChI=1S/C18H28N4O2/c1-14-6-3-4-7-16(14)12-15(2)20-17(23)13-21-8-5-9-22(11-10-21)18(19)24/h3-4,6-7,15H,5,8-13H2,1-2H3,(H2,19,24)(H,20,23). The molecule has 1 aromatic rings. The predicted octanol–water partition coefficient (Wildman–Crippen LogP) is 1.13. The molecule has 0 bridgehead atoms. The van der Waals surface area contributed by atoms with Crippen molar-refractivity contribution >= 4 is 11.9 Å². The van der Waals surface area contributed by atoms with Crippen LogP contribution in [0.25, 0.3) is 0 Å². The van der Waals surface area contributed by atoms with Crippen molar-refractivity contribution in [2.75, 3.05) is 32.7 Å². The Labute approximate surface area is 144 Å². The molecule has 1 atom stereocenters. The largest absolute Gasteiger partial charge is 0.352 e. The van der Waals surface area contributed by atoms with E-state index in [-0.39, 0.29) is 18.0 Å². The molecule has 0 spiro atoms. The Kier molecular flexibility index (Phi) is 6.61. The highest BCUT2D eigenvalue weighted by atomic mass is 16.2. The van der Waals surface area contributed by atoms with Gasteiger partial charge < -0.3 is 16.0 Å². The molecule has 1 aliphatic rings. The van der Waals surface area contributed by atoms with Crippen molar-refractivity contribution in [2.24, 2.45) is 5.73 Å². The zero-order valence-electron chi connectivity index (χ0n) is 14.6. The fraction of sp³-hybridized carbons (Fsp3) is 0.556. The summed E-state index contributed by atoms with van der Waals surface area (Å²) in [5.41, 5.74) is 7.83. The van der Waals surface area contributed by atoms with Crippen LogP contribution in [-0.2, 0) is 11.2 Å². The van der Waals surface area contributed by atoms with Gasteiger partial charge in [-0.2, -0.15) is 0 Å². The van der Waals surface area contributed by atoms with Gasteiger partial charge in [0.1, 0.15) is 0 Å². The second-order valence-corrected chi connectivity index (χ2v) is 6.55. The molecule has 0 radical (unpaired) electrons. The van der Waals surface area contributed by atoms with Gasteiger partial charge in [-0.25, -0.2) is 4.79 Å². The number of amides is 3. The molecule has 1 aliphatic heterocycles. The Bertz CT molecular complexity index is 576. The van der Waals surface area contributed by atoms with Crippen LogP contribution in [0.15, 0.2) is 24.3 Å². The van der Waals surface area contributed by atoms with Gasteiger partial charge in [0.05, 0.1) is 6.54 Å². The summed E-state index contributed by atoms with van der Waals surface area (Å²) in [6, 6.07) is 7.95. The van der Waals surface area contributed by atoms with Crippen LogP contribution in [0.4, 0.5) is 4.79 Å². The monoisotopic (exact) mass is 332 g/mol. The molecule has 2 rings (SSSR count). The first-order valence-corrected chi connectivity index (χ1v) is 8.56. The molecule has 6 heteroatoms. The minimum atomic E-state index is -0.381. The van der Waals surface area contributed by atoms with Crippen LogP contribution in [0, 0.1) is 6.92 Å². The quantitative estimate of drug-likeness (QED) is 0.848. The predicted molar refractivity (Wildman–Crippen MR) is 94.7 cm³/mol. The van der Waals surface area contributed by atoms with E-state index in [2.05, 4.69) is 29.3 Å². The first-order valence-electron chi connectivity index (χ1n) is 8.56. The molecule has 1 heterocycles. The van der Waals surface area contributed by atoms with Crippen molar-refractivity contribution in [3.63, 3.8) is 0 Å². The average Bonchev–Trinajstić information content (AvgIpc) is 2.75. The summed E-state index contributed by atoms with van der Waals surface area (Å²) in [6.45, 7) is 7.22. The second-order valence-electron chi connectivity index (χ2n) is 6.55. The van der Waals surface area contributed by atoms with Crippen molar-refractivity contribution in [1.29, 1.82) is 0 Å². The second kappa shape index (κ2) is 8.68. The molecule has 1 fully saturated rings. The minimum Gasteiger partial charge on any atom is -0.352 e. The van der Waals surface area contributed by atoms with E-state index in [4.69, 9.17) is 5.73 Å². The maximum absolute atomic E-state index is 12.3. The summed E-state index contributed by atoms with van der Waals surface area (Å²) in [5.74, 6) is 0.0311. The Morgan fingerprint density at radius 2 is 1.96 bits per heavy atom. The van der Waals surface area contributed by atoms with E-state index < -0.39 is 0 Å². The van der Waals surface area contributed by atoms with E-state index >= 15 is 0 Å². The number of aryl methyl sites for hydroxylation is 1. The van der Waals surface area contributed by atoms with Gasteiger partial charge in [-0.1, -0.05) is 24.3 Å². The smallest absolute Gasteiger partial charge is 0.314 e. The third-order valence-corrected chi connectivity index (χ3v) is 4.46. The van der Waals surface area contributed by atoms with E-state index in [0.29, 0.717) is 26.2 Å². The summed E-state index contributed by atoms with van der Waals surface area (Å²) in [7, 11) is 0. The Morgan fingerprint density at radius 1 is 1.21 bits per heavy atom. The molecule has 24 heavy (non-hydrogen) atoms. The Balaban J connectivity index is 1.78. The van der Waals surface area contributed by atoms with Crippen molar-refractivity contribution < 1.29 is 9.59 Å². The van der Waals surface area contributed by atoms with Crippen LogP contribution >= 0.6 is 0 Å². The molecule has 1 aromatic carbocycles. The first kappa shape index (κ1) is 18.3. The maximum atomic E-state index is 12.3. The third-order valence-electron chi connectivity index (χ3n) is 4.46. The lowest BCUT2D eigenvalue weighted by atomic mass is 10.0. The number of carbonyl (C=O) groups excluding carboxylic acids is 2. The Hall–Kier alpha value is -2.08. The number of rotatable bonds is 5. The summed E-state index contributed by atoms with van der Waals surface area (Å²) < 4.78 is 0. The molecule has 1 saturated heterocycles. The van der Waals surface area contributed by atoms with Gasteiger partial charge in [0.25, 0.3) is 0 Å². The highest BCUT2D eigenvalue weighted by Crippen LogP contribution is 2.09. The van der Waals surface area contributed by atoms with Gasteiger partial charge in [-0.05, 0) is 37.8 Å². The van der Waals surface area contributed by atoms with Crippen molar-refractivity contribution in [3.05, 3.63) is 35.4 Å². The molecule has 0 aliphatic carbocycles. The lowest BCUT2D eigenvalue weighted by molar-refractivity contribution is -0.122. The molecule has 3 amide bonds. The maximum Gasteiger partial charge on any atom is 0.314 e. The summed E-state index contributed by atoms with van der Waals surface area (Å²) in [4.78, 5) is 27.2. The number of hydrogen-bond acceptors (Lipinski definition) is 3. The van der Waals surface area contributed by atoms with E-state index in [1.807, 2.05) is 19.1 Å². The number of benzene rings is 1. The normalized spacial score (nSPS) is 17.2. The van der Waals surface area contributed by atoms with Crippen LogP contribution in [0.1, 0.15) is 24.5 Å². The lowest BCUT2D eigenvalue weighted by Crippen LogP contribution is -2.43. The highest BCUT2D eigenvalue weighted by molar-refractivity contribution is 5.78. The highest BCUT2D eigenvalue weighted by Gasteiger charge is 2.19. The summed E-state index contributed by atoms with van der Waals surface area (Å²) in [6.07, 6.45) is 1.67. The number of hydrogen-bond donors (Lipinski definition) is 2. The fourth-order valence-electron chi connectivity index (χ4n) is 3.09. The third kappa shape index (κ3) is 5.53. The number of carbonyl (C=O) groups is 2. The molecule has 0 aromatic heterocycles. The van der Waals surface area contributed by atoms with Crippen LogP contribution in [0.3, 0.4) is 0 Å². The number of nitrogens with two attached hydrogens (primary N) is 1. The van der Waals surface area contributed by atoms with Crippen LogP contribution in [0.2, 0.25) is 0 Å². The summed E-state index contributed by atoms with van der Waals surface area (Å²) >= 11 is 0. The van der Waals surface area contributed by atoms with Crippen LogP contribution in [0.5, 0.6) is 0 Å². The molecule has 132 valence electrons. The zero-order chi connectivity index (χ0) is 17.5. The number of primary amides is 1. The van der Waals surface area contributed by atoms with Crippen LogP contribution < -0.4 is 11.1 Å². The minimum absolute atomic E-state index is 0.0311. The van der Waals surface area contributed by atoms with Gasteiger partial charge in [-0.3, -0.25) is 9.69 Å². The van der Waals surface area contributed by atoms with Gasteiger partial charge >= 0.3 is 6.03 Å². The van der Waals surface area contributed by atoms with Gasteiger partial charge in [-0.15, -0.1) is 0 Å².